The zero-order valence-electron chi connectivity index (χ0n) is 19.2. The van der Waals surface area contributed by atoms with Crippen LogP contribution in [0.4, 0.5) is 4.39 Å². The van der Waals surface area contributed by atoms with Gasteiger partial charge >= 0.3 is 0 Å². The molecule has 0 spiro atoms. The van der Waals surface area contributed by atoms with Crippen LogP contribution in [0.1, 0.15) is 18.4 Å². The Kier molecular flexibility index (Phi) is 7.80. The van der Waals surface area contributed by atoms with Crippen LogP contribution < -0.4 is 14.2 Å². The Morgan fingerprint density at radius 1 is 1.03 bits per heavy atom. The van der Waals surface area contributed by atoms with Gasteiger partial charge < -0.3 is 19.1 Å². The van der Waals surface area contributed by atoms with Crippen molar-refractivity contribution in [3.05, 3.63) is 47.8 Å². The van der Waals surface area contributed by atoms with Gasteiger partial charge in [0.05, 0.1) is 26.2 Å². The second kappa shape index (κ2) is 10.4. The van der Waals surface area contributed by atoms with E-state index in [1.165, 1.54) is 37.8 Å². The van der Waals surface area contributed by atoms with Gasteiger partial charge in [0.25, 0.3) is 0 Å². The molecule has 0 aromatic heterocycles. The van der Waals surface area contributed by atoms with Gasteiger partial charge in [-0.15, -0.1) is 0 Å². The molecule has 1 heterocycles. The molecule has 2 aromatic rings. The fraction of sp³-hybridized carbons (Fsp3) is 0.435. The van der Waals surface area contributed by atoms with E-state index in [2.05, 4.69) is 0 Å². The normalized spacial score (nSPS) is 15.2. The Morgan fingerprint density at radius 2 is 1.58 bits per heavy atom. The first-order valence-corrected chi connectivity index (χ1v) is 11.9. The smallest absolute Gasteiger partial charge is 0.243 e. The zero-order valence-corrected chi connectivity index (χ0v) is 20.0. The maximum Gasteiger partial charge on any atom is 0.243 e. The highest BCUT2D eigenvalue weighted by atomic mass is 32.2. The number of rotatable bonds is 8. The number of nitrogens with zero attached hydrogens (tertiary/aromatic N) is 2. The van der Waals surface area contributed by atoms with Crippen LogP contribution >= 0.6 is 0 Å². The van der Waals surface area contributed by atoms with E-state index in [1.807, 2.05) is 0 Å². The number of carbonyl (C=O) groups is 1. The van der Waals surface area contributed by atoms with Crippen molar-refractivity contribution >= 4 is 15.9 Å². The van der Waals surface area contributed by atoms with Crippen molar-refractivity contribution in [3.63, 3.8) is 0 Å². The molecule has 2 aromatic carbocycles. The van der Waals surface area contributed by atoms with Crippen LogP contribution in [0.25, 0.3) is 0 Å². The van der Waals surface area contributed by atoms with E-state index in [-0.39, 0.29) is 29.8 Å². The second-order valence-electron chi connectivity index (χ2n) is 7.86. The van der Waals surface area contributed by atoms with Crippen molar-refractivity contribution in [2.45, 2.75) is 24.3 Å². The Labute approximate surface area is 193 Å². The van der Waals surface area contributed by atoms with Crippen LogP contribution in [0.5, 0.6) is 17.2 Å². The second-order valence-corrected chi connectivity index (χ2v) is 9.80. The van der Waals surface area contributed by atoms with Gasteiger partial charge in [0.1, 0.15) is 5.82 Å². The SMILES string of the molecule is COc1cc(CN(C)C(=O)C2CCN(S(=O)(=O)c3ccc(F)cc3)CC2)cc(OC)c1OC. The highest BCUT2D eigenvalue weighted by Crippen LogP contribution is 2.38. The highest BCUT2D eigenvalue weighted by Gasteiger charge is 2.33. The summed E-state index contributed by atoms with van der Waals surface area (Å²) in [5, 5.41) is 0. The van der Waals surface area contributed by atoms with Crippen LogP contribution in [0.2, 0.25) is 0 Å². The number of hydrogen-bond acceptors (Lipinski definition) is 6. The average molecular weight is 481 g/mol. The predicted molar refractivity (Wildman–Crippen MR) is 120 cm³/mol. The molecule has 0 radical (unpaired) electrons. The Balaban J connectivity index is 1.64. The summed E-state index contributed by atoms with van der Waals surface area (Å²) < 4.78 is 56.2. The molecule has 0 saturated carbocycles. The van der Waals surface area contributed by atoms with E-state index >= 15 is 0 Å². The van der Waals surface area contributed by atoms with Crippen LogP contribution in [-0.4, -0.2) is 65.0 Å². The number of hydrogen-bond donors (Lipinski definition) is 0. The maximum absolute atomic E-state index is 13.1. The van der Waals surface area contributed by atoms with Crippen LogP contribution in [0, 0.1) is 11.7 Å². The Morgan fingerprint density at radius 3 is 2.06 bits per heavy atom. The van der Waals surface area contributed by atoms with Crippen molar-refractivity contribution in [3.8, 4) is 17.2 Å². The molecule has 1 aliphatic heterocycles. The molecule has 0 bridgehead atoms. The van der Waals surface area contributed by atoms with Gasteiger partial charge in [-0.25, -0.2) is 12.8 Å². The van der Waals surface area contributed by atoms with Crippen LogP contribution in [0.3, 0.4) is 0 Å². The molecule has 0 aliphatic carbocycles. The molecule has 1 fully saturated rings. The summed E-state index contributed by atoms with van der Waals surface area (Å²) in [5.74, 6) is 0.666. The van der Waals surface area contributed by atoms with Crippen LogP contribution in [-0.2, 0) is 21.4 Å². The van der Waals surface area contributed by atoms with Gasteiger partial charge in [0.2, 0.25) is 21.7 Å². The van der Waals surface area contributed by atoms with E-state index in [0.29, 0.717) is 36.6 Å². The standard InChI is InChI=1S/C23H29FN2O6S/c1-25(15-16-13-20(30-2)22(32-4)21(14-16)31-3)23(27)17-9-11-26(12-10-17)33(28,29)19-7-5-18(24)6-8-19/h5-8,13-14,17H,9-12,15H2,1-4H3. The summed E-state index contributed by atoms with van der Waals surface area (Å²) in [4.78, 5) is 14.7. The van der Waals surface area contributed by atoms with Gasteiger partial charge in [-0.1, -0.05) is 0 Å². The summed E-state index contributed by atoms with van der Waals surface area (Å²) in [6.45, 7) is 0.798. The third-order valence-corrected chi connectivity index (χ3v) is 7.69. The molecular weight excluding hydrogens is 451 g/mol. The topological polar surface area (TPSA) is 85.4 Å². The van der Waals surface area contributed by atoms with Gasteiger partial charge in [-0.05, 0) is 54.8 Å². The quantitative estimate of drug-likeness (QED) is 0.578. The lowest BCUT2D eigenvalue weighted by molar-refractivity contribution is -0.135. The molecule has 10 heteroatoms. The molecule has 1 saturated heterocycles. The number of benzene rings is 2. The first-order valence-electron chi connectivity index (χ1n) is 10.5. The molecule has 33 heavy (non-hydrogen) atoms. The first-order chi connectivity index (χ1) is 15.7. The molecule has 1 aliphatic rings. The number of ether oxygens (including phenoxy) is 3. The minimum Gasteiger partial charge on any atom is -0.493 e. The summed E-state index contributed by atoms with van der Waals surface area (Å²) in [5.41, 5.74) is 0.816. The Hall–Kier alpha value is -2.85. The number of methoxy groups -OCH3 is 3. The van der Waals surface area contributed by atoms with Gasteiger partial charge in [0, 0.05) is 32.6 Å². The molecule has 8 nitrogen and oxygen atoms in total. The molecule has 1 amide bonds. The van der Waals surface area contributed by atoms with Crippen molar-refractivity contribution < 1.29 is 31.8 Å². The monoisotopic (exact) mass is 480 g/mol. The lowest BCUT2D eigenvalue weighted by atomic mass is 9.96. The van der Waals surface area contributed by atoms with Gasteiger partial charge in [0.15, 0.2) is 11.5 Å². The van der Waals surface area contributed by atoms with E-state index in [4.69, 9.17) is 14.2 Å². The minimum atomic E-state index is -3.72. The van der Waals surface area contributed by atoms with Crippen LogP contribution in [0.15, 0.2) is 41.3 Å². The molecule has 0 unspecified atom stereocenters. The molecule has 180 valence electrons. The van der Waals surface area contributed by atoms with Gasteiger partial charge in [-0.3, -0.25) is 4.79 Å². The lowest BCUT2D eigenvalue weighted by Crippen LogP contribution is -2.43. The van der Waals surface area contributed by atoms with Crippen molar-refractivity contribution in [1.29, 1.82) is 0 Å². The first kappa shape index (κ1) is 24.8. The van der Waals surface area contributed by atoms with Crippen molar-refractivity contribution in [2.24, 2.45) is 5.92 Å². The summed E-state index contributed by atoms with van der Waals surface area (Å²) in [6, 6.07) is 8.36. The Bertz CT molecular complexity index is 1060. The summed E-state index contributed by atoms with van der Waals surface area (Å²) in [7, 11) is 2.59. The van der Waals surface area contributed by atoms with E-state index in [1.54, 1.807) is 24.1 Å². The molecule has 3 rings (SSSR count). The zero-order chi connectivity index (χ0) is 24.2. The van der Waals surface area contributed by atoms with Crippen molar-refractivity contribution in [1.82, 2.24) is 9.21 Å². The minimum absolute atomic E-state index is 0.0493. The predicted octanol–water partition coefficient (Wildman–Crippen LogP) is 2.91. The number of carbonyl (C=O) groups excluding carboxylic acids is 1. The van der Waals surface area contributed by atoms with E-state index in [0.717, 1.165) is 17.7 Å². The van der Waals surface area contributed by atoms with E-state index < -0.39 is 15.8 Å². The molecular formula is C23H29FN2O6S. The highest BCUT2D eigenvalue weighted by molar-refractivity contribution is 7.89. The number of sulfonamides is 1. The third kappa shape index (κ3) is 5.39. The van der Waals surface area contributed by atoms with Gasteiger partial charge in [-0.2, -0.15) is 4.31 Å². The largest absolute Gasteiger partial charge is 0.493 e. The lowest BCUT2D eigenvalue weighted by Gasteiger charge is -2.32. The summed E-state index contributed by atoms with van der Waals surface area (Å²) in [6.07, 6.45) is 0.831. The average Bonchev–Trinajstić information content (AvgIpc) is 2.83. The molecule has 0 atom stereocenters. The molecule has 0 N–H and O–H groups in total. The van der Waals surface area contributed by atoms with Crippen molar-refractivity contribution in [2.75, 3.05) is 41.5 Å². The number of amides is 1. The van der Waals surface area contributed by atoms with E-state index in [9.17, 15) is 17.6 Å². The fourth-order valence-electron chi connectivity index (χ4n) is 3.99. The summed E-state index contributed by atoms with van der Waals surface area (Å²) >= 11 is 0. The number of halogens is 1. The maximum atomic E-state index is 13.1. The fourth-order valence-corrected chi connectivity index (χ4v) is 5.46. The number of piperidine rings is 1. The third-order valence-electron chi connectivity index (χ3n) is 5.78.